The van der Waals surface area contributed by atoms with Gasteiger partial charge in [0.2, 0.25) is 0 Å². The predicted octanol–water partition coefficient (Wildman–Crippen LogP) is 4.71. The summed E-state index contributed by atoms with van der Waals surface area (Å²) < 4.78 is 1.36. The Kier molecular flexibility index (Phi) is 4.97. The van der Waals surface area contributed by atoms with Crippen LogP contribution in [0.25, 0.3) is 0 Å². The minimum absolute atomic E-state index is 0.181. The summed E-state index contributed by atoms with van der Waals surface area (Å²) in [6.45, 7) is 10.5. The number of quaternary nitrogens is 1. The van der Waals surface area contributed by atoms with Crippen LogP contribution >= 0.6 is 0 Å². The minimum atomic E-state index is -0.181. The summed E-state index contributed by atoms with van der Waals surface area (Å²) in [5.74, 6) is 7.28. The van der Waals surface area contributed by atoms with Crippen molar-refractivity contribution in [2.24, 2.45) is 58.7 Å². The summed E-state index contributed by atoms with van der Waals surface area (Å²) in [5.41, 5.74) is 0.259. The minimum Gasteiger partial charge on any atom is -0.393 e. The van der Waals surface area contributed by atoms with Crippen molar-refractivity contribution in [2.45, 2.75) is 96.8 Å². The monoisotopic (exact) mass is 430 g/mol. The Morgan fingerprint density at radius 1 is 0.742 bits per heavy atom. The van der Waals surface area contributed by atoms with Gasteiger partial charge in [-0.2, -0.15) is 0 Å². The van der Waals surface area contributed by atoms with E-state index in [0.717, 1.165) is 79.1 Å². The zero-order valence-corrected chi connectivity index (χ0v) is 20.5. The number of nitrogens with zero attached hydrogens (tertiary/aromatic N) is 1. The Morgan fingerprint density at radius 3 is 2.32 bits per heavy atom. The van der Waals surface area contributed by atoms with Crippen molar-refractivity contribution < 1.29 is 14.7 Å². The lowest BCUT2D eigenvalue weighted by atomic mass is 9.51. The molecule has 4 aliphatic carbocycles. The highest BCUT2D eigenvalue weighted by atomic mass is 16.3. The van der Waals surface area contributed by atoms with Crippen LogP contribution in [0.1, 0.15) is 78.6 Å². The lowest BCUT2D eigenvalue weighted by Crippen LogP contribution is -2.67. The Balaban J connectivity index is 1.30. The van der Waals surface area contributed by atoms with Gasteiger partial charge in [-0.3, -0.25) is 0 Å². The third-order valence-corrected chi connectivity index (χ3v) is 12.7. The number of rotatable bonds is 0. The van der Waals surface area contributed by atoms with Crippen LogP contribution in [0.2, 0.25) is 0 Å². The van der Waals surface area contributed by atoms with E-state index in [4.69, 9.17) is 0 Å². The molecule has 0 aromatic heterocycles. The molecule has 4 saturated carbocycles. The molecule has 6 fully saturated rings. The first-order valence-corrected chi connectivity index (χ1v) is 13.9. The fourth-order valence-electron chi connectivity index (χ4n) is 11.5. The number of fused-ring (bicyclic) bond motifs is 8. The largest absolute Gasteiger partial charge is 0.393 e. The van der Waals surface area contributed by atoms with Gasteiger partial charge < -0.3 is 14.7 Å². The molecular weight excluding hydrogens is 382 g/mol. The summed E-state index contributed by atoms with van der Waals surface area (Å²) in [4.78, 5) is 0. The molecule has 176 valence electrons. The van der Waals surface area contributed by atoms with Gasteiger partial charge in [-0.1, -0.05) is 20.8 Å². The second kappa shape index (κ2) is 7.19. The molecule has 6 aliphatic rings. The van der Waals surface area contributed by atoms with Crippen LogP contribution in [0.5, 0.6) is 0 Å². The van der Waals surface area contributed by atoms with Gasteiger partial charge in [-0.15, -0.1) is 0 Å². The third kappa shape index (κ3) is 3.01. The van der Waals surface area contributed by atoms with Crippen molar-refractivity contribution in [3.63, 3.8) is 0 Å². The van der Waals surface area contributed by atoms with Gasteiger partial charge in [-0.05, 0) is 92.3 Å². The maximum Gasteiger partial charge on any atom is 0.0917 e. The standard InChI is InChI=1S/C28H48NO2/c1-16-5-8-26-17(2)19-6-7-20-21(23(19)15-29(26,4)14-16)12-24-22(20)13-27(31)25-11-18(30)9-10-28(24,25)3/h16-27,30-31H,5-15H2,1-4H3/q+1/t16-,17+,18-,19+,20+,21+,22+,23-,24-,25+,26-,27-,28+,29?/m0/s1. The zero-order chi connectivity index (χ0) is 21.7. The van der Waals surface area contributed by atoms with Crippen LogP contribution in [0, 0.1) is 58.7 Å². The van der Waals surface area contributed by atoms with Gasteiger partial charge in [0.05, 0.1) is 38.4 Å². The van der Waals surface area contributed by atoms with Crippen molar-refractivity contribution >= 4 is 0 Å². The van der Waals surface area contributed by atoms with Crippen LogP contribution < -0.4 is 0 Å². The average Bonchev–Trinajstić information content (AvgIpc) is 3.09. The van der Waals surface area contributed by atoms with Gasteiger partial charge >= 0.3 is 0 Å². The van der Waals surface area contributed by atoms with Gasteiger partial charge in [-0.25, -0.2) is 0 Å². The van der Waals surface area contributed by atoms with E-state index in [-0.39, 0.29) is 17.6 Å². The fraction of sp³-hybridized carbons (Fsp3) is 1.00. The van der Waals surface area contributed by atoms with Crippen LogP contribution in [0.15, 0.2) is 0 Å². The van der Waals surface area contributed by atoms with Gasteiger partial charge in [0.25, 0.3) is 0 Å². The first-order valence-electron chi connectivity index (χ1n) is 13.9. The molecule has 2 aliphatic heterocycles. The van der Waals surface area contributed by atoms with E-state index in [2.05, 4.69) is 27.8 Å². The topological polar surface area (TPSA) is 40.5 Å². The molecule has 1 unspecified atom stereocenters. The molecular formula is C28H48NO2+. The maximum atomic E-state index is 11.2. The first kappa shape index (κ1) is 21.4. The third-order valence-electron chi connectivity index (χ3n) is 12.7. The number of piperidine rings is 2. The lowest BCUT2D eigenvalue weighted by Gasteiger charge is -2.60. The molecule has 0 aromatic rings. The van der Waals surface area contributed by atoms with E-state index in [1.807, 2.05) is 0 Å². The van der Waals surface area contributed by atoms with E-state index in [0.29, 0.717) is 5.92 Å². The maximum absolute atomic E-state index is 11.2. The summed E-state index contributed by atoms with van der Waals surface area (Å²) >= 11 is 0. The highest BCUT2D eigenvalue weighted by Gasteiger charge is 2.64. The smallest absolute Gasteiger partial charge is 0.0917 e. The highest BCUT2D eigenvalue weighted by Crippen LogP contribution is 2.67. The molecule has 0 spiro atoms. The molecule has 0 bridgehead atoms. The molecule has 2 N–H and O–H groups in total. The Bertz CT molecular complexity index is 711. The van der Waals surface area contributed by atoms with Crippen molar-refractivity contribution in [3.05, 3.63) is 0 Å². The second-order valence-corrected chi connectivity index (χ2v) is 14.0. The Hall–Kier alpha value is -0.120. The van der Waals surface area contributed by atoms with Crippen molar-refractivity contribution in [1.29, 1.82) is 0 Å². The quantitative estimate of drug-likeness (QED) is 0.547. The van der Waals surface area contributed by atoms with Crippen LogP contribution in [0.4, 0.5) is 0 Å². The van der Waals surface area contributed by atoms with Crippen LogP contribution in [0.3, 0.4) is 0 Å². The van der Waals surface area contributed by atoms with E-state index < -0.39 is 0 Å². The van der Waals surface area contributed by atoms with Crippen molar-refractivity contribution in [1.82, 2.24) is 0 Å². The van der Waals surface area contributed by atoms with Crippen LogP contribution in [-0.2, 0) is 0 Å². The van der Waals surface area contributed by atoms with Crippen LogP contribution in [-0.4, -0.2) is 53.1 Å². The van der Waals surface area contributed by atoms with E-state index in [9.17, 15) is 10.2 Å². The lowest BCUT2D eigenvalue weighted by molar-refractivity contribution is -0.955. The molecule has 3 heteroatoms. The summed E-state index contributed by atoms with van der Waals surface area (Å²) in [5, 5.41) is 21.6. The number of aliphatic hydroxyl groups is 2. The van der Waals surface area contributed by atoms with Gasteiger partial charge in [0, 0.05) is 24.2 Å². The van der Waals surface area contributed by atoms with E-state index >= 15 is 0 Å². The SMILES string of the molecule is C[C@H]1CC[C@H]2[C@H](C)[C@H]3CC[C@@H]4[C@@H](C[C@H]5[C@@H]4C[C@H](O)[C@H]4C[C@@H](O)CC[C@@]45C)[C@H]3C[N+]2(C)C1. The van der Waals surface area contributed by atoms with Gasteiger partial charge in [0.1, 0.15) is 0 Å². The molecule has 3 nitrogen and oxygen atoms in total. The number of hydrogen-bond donors (Lipinski definition) is 2. The summed E-state index contributed by atoms with van der Waals surface area (Å²) in [7, 11) is 2.61. The zero-order valence-electron chi connectivity index (χ0n) is 20.5. The van der Waals surface area contributed by atoms with Crippen molar-refractivity contribution in [3.8, 4) is 0 Å². The van der Waals surface area contributed by atoms with Crippen molar-refractivity contribution in [2.75, 3.05) is 20.1 Å². The number of aliphatic hydroxyl groups excluding tert-OH is 2. The molecule has 0 aromatic carbocycles. The molecule has 6 rings (SSSR count). The fourth-order valence-corrected chi connectivity index (χ4v) is 11.5. The molecule has 0 amide bonds. The molecule has 2 heterocycles. The predicted molar refractivity (Wildman–Crippen MR) is 124 cm³/mol. The van der Waals surface area contributed by atoms with E-state index in [1.165, 1.54) is 49.7 Å². The normalized spacial score (nSPS) is 63.3. The highest BCUT2D eigenvalue weighted by molar-refractivity contribution is 5.11. The molecule has 14 atom stereocenters. The average molecular weight is 431 g/mol. The molecule has 2 saturated heterocycles. The summed E-state index contributed by atoms with van der Waals surface area (Å²) in [6.07, 6.45) is 10.8. The Labute approximate surface area is 190 Å². The molecule has 31 heavy (non-hydrogen) atoms. The van der Waals surface area contributed by atoms with E-state index in [1.54, 1.807) is 0 Å². The van der Waals surface area contributed by atoms with Gasteiger partial charge in [0.15, 0.2) is 0 Å². The summed E-state index contributed by atoms with van der Waals surface area (Å²) in [6, 6.07) is 0.904. The second-order valence-electron chi connectivity index (χ2n) is 14.0. The number of hydrogen-bond acceptors (Lipinski definition) is 2. The first-order chi connectivity index (χ1) is 14.7. The molecule has 0 radical (unpaired) electrons. The Morgan fingerprint density at radius 2 is 1.52 bits per heavy atom.